The van der Waals surface area contributed by atoms with Gasteiger partial charge in [0.2, 0.25) is 0 Å². The Hall–Kier alpha value is -1.21. The highest BCUT2D eigenvalue weighted by Gasteiger charge is 2.37. The summed E-state index contributed by atoms with van der Waals surface area (Å²) in [5.74, 6) is -2.15. The van der Waals surface area contributed by atoms with Crippen LogP contribution >= 0.6 is 0 Å². The fourth-order valence-corrected chi connectivity index (χ4v) is 1.45. The van der Waals surface area contributed by atoms with E-state index in [-0.39, 0.29) is 5.56 Å². The number of hydrogen-bond donors (Lipinski definition) is 1. The average Bonchev–Trinajstić information content (AvgIpc) is 2.33. The lowest BCUT2D eigenvalue weighted by atomic mass is 10.1. The summed E-state index contributed by atoms with van der Waals surface area (Å²) in [6.45, 7) is 0.437. The Morgan fingerprint density at radius 1 is 1.26 bits per heavy atom. The van der Waals surface area contributed by atoms with Crippen LogP contribution in [0.5, 0.6) is 0 Å². The van der Waals surface area contributed by atoms with E-state index in [1.807, 2.05) is 0 Å². The Balaban J connectivity index is 2.77. The molecule has 1 rings (SSSR count). The maximum Gasteiger partial charge on any atom is 0.414 e. The van der Waals surface area contributed by atoms with Gasteiger partial charge in [0.05, 0.1) is 12.6 Å². The summed E-state index contributed by atoms with van der Waals surface area (Å²) in [5.41, 5.74) is -0.0723. The van der Waals surface area contributed by atoms with E-state index in [1.165, 1.54) is 19.2 Å². The molecule has 0 aliphatic carbocycles. The molecular weight excluding hydrogens is 269 g/mol. The molecule has 0 spiro atoms. The average molecular weight is 283 g/mol. The van der Waals surface area contributed by atoms with Crippen LogP contribution in [0.15, 0.2) is 18.2 Å². The lowest BCUT2D eigenvalue weighted by Crippen LogP contribution is -2.32. The molecule has 0 fully saturated rings. The molecule has 1 N–H and O–H groups in total. The van der Waals surface area contributed by atoms with Crippen molar-refractivity contribution < 1.29 is 26.7 Å². The number of halogens is 5. The highest BCUT2D eigenvalue weighted by Crippen LogP contribution is 2.25. The van der Waals surface area contributed by atoms with Gasteiger partial charge in [-0.2, -0.15) is 13.2 Å². The summed E-state index contributed by atoms with van der Waals surface area (Å²) in [5, 5.41) is 2.59. The van der Waals surface area contributed by atoms with Crippen LogP contribution in [0.1, 0.15) is 18.5 Å². The Labute approximate surface area is 107 Å². The first-order valence-corrected chi connectivity index (χ1v) is 5.56. The van der Waals surface area contributed by atoms with Crippen molar-refractivity contribution in [3.8, 4) is 0 Å². The van der Waals surface area contributed by atoms with Gasteiger partial charge in [0.1, 0.15) is 0 Å². The van der Waals surface area contributed by atoms with Crippen LogP contribution in [-0.4, -0.2) is 25.9 Å². The number of likely N-dealkylation sites (N-methyl/N-ethyl adjacent to an activating group) is 1. The van der Waals surface area contributed by atoms with Crippen molar-refractivity contribution >= 4 is 0 Å². The van der Waals surface area contributed by atoms with E-state index in [1.54, 1.807) is 0 Å². The number of ether oxygens (including phenoxy) is 1. The van der Waals surface area contributed by atoms with Gasteiger partial charge in [-0.15, -0.1) is 0 Å². The molecule has 0 radical (unpaired) electrons. The van der Waals surface area contributed by atoms with E-state index in [9.17, 15) is 22.0 Å². The molecule has 1 aromatic rings. The van der Waals surface area contributed by atoms with Crippen LogP contribution in [-0.2, 0) is 4.74 Å². The van der Waals surface area contributed by atoms with Crippen molar-refractivity contribution in [1.29, 1.82) is 0 Å². The predicted molar refractivity (Wildman–Crippen MR) is 59.6 cm³/mol. The molecule has 19 heavy (non-hydrogen) atoms. The summed E-state index contributed by atoms with van der Waals surface area (Å²) in [4.78, 5) is 0. The van der Waals surface area contributed by atoms with Crippen molar-refractivity contribution in [2.75, 3.05) is 13.7 Å². The Morgan fingerprint density at radius 3 is 2.42 bits per heavy atom. The molecule has 7 heteroatoms. The maximum atomic E-state index is 13.5. The van der Waals surface area contributed by atoms with Gasteiger partial charge in [0.25, 0.3) is 0 Å². The zero-order valence-electron chi connectivity index (χ0n) is 10.4. The molecule has 2 unspecified atom stereocenters. The number of rotatable bonds is 5. The normalized spacial score (nSPS) is 15.3. The second kappa shape index (κ2) is 6.29. The summed E-state index contributed by atoms with van der Waals surface area (Å²) in [6, 6.07) is 2.65. The van der Waals surface area contributed by atoms with Gasteiger partial charge in [-0.3, -0.25) is 0 Å². The van der Waals surface area contributed by atoms with E-state index in [0.717, 1.165) is 13.0 Å². The molecule has 0 heterocycles. The van der Waals surface area contributed by atoms with E-state index < -0.39 is 36.6 Å². The predicted octanol–water partition coefficient (Wildman–Crippen LogP) is 3.19. The summed E-state index contributed by atoms with van der Waals surface area (Å²) < 4.78 is 68.0. The molecule has 0 bridgehead atoms. The number of benzene rings is 1. The summed E-state index contributed by atoms with van der Waals surface area (Å²) >= 11 is 0. The Morgan fingerprint density at radius 2 is 1.89 bits per heavy atom. The SMILES string of the molecule is CNC(COC(C)C(F)(F)F)c1cccc(F)c1F. The second-order valence-electron chi connectivity index (χ2n) is 4.00. The minimum atomic E-state index is -4.49. The highest BCUT2D eigenvalue weighted by molar-refractivity contribution is 5.22. The lowest BCUT2D eigenvalue weighted by Gasteiger charge is -2.22. The fourth-order valence-electron chi connectivity index (χ4n) is 1.45. The largest absolute Gasteiger partial charge is 0.414 e. The van der Waals surface area contributed by atoms with Gasteiger partial charge in [-0.1, -0.05) is 12.1 Å². The Kier molecular flexibility index (Phi) is 5.25. The number of alkyl halides is 3. The molecule has 0 aliphatic heterocycles. The first-order chi connectivity index (χ1) is 8.77. The minimum absolute atomic E-state index is 0.0723. The van der Waals surface area contributed by atoms with Crippen LogP contribution in [0.3, 0.4) is 0 Å². The molecule has 0 saturated heterocycles. The van der Waals surface area contributed by atoms with Gasteiger partial charge >= 0.3 is 6.18 Å². The topological polar surface area (TPSA) is 21.3 Å². The van der Waals surface area contributed by atoms with Gasteiger partial charge < -0.3 is 10.1 Å². The van der Waals surface area contributed by atoms with Gasteiger partial charge in [0.15, 0.2) is 17.7 Å². The van der Waals surface area contributed by atoms with Crippen molar-refractivity contribution in [1.82, 2.24) is 5.32 Å². The first-order valence-electron chi connectivity index (χ1n) is 5.56. The fraction of sp³-hybridized carbons (Fsp3) is 0.500. The molecule has 1 aromatic carbocycles. The third-order valence-electron chi connectivity index (χ3n) is 2.68. The van der Waals surface area contributed by atoms with Crippen LogP contribution in [0.2, 0.25) is 0 Å². The summed E-state index contributed by atoms with van der Waals surface area (Å²) in [6.07, 6.45) is -6.46. The highest BCUT2D eigenvalue weighted by atomic mass is 19.4. The van der Waals surface area contributed by atoms with Crippen molar-refractivity contribution in [3.63, 3.8) is 0 Å². The summed E-state index contributed by atoms with van der Waals surface area (Å²) in [7, 11) is 1.43. The molecule has 108 valence electrons. The van der Waals surface area contributed by atoms with E-state index in [2.05, 4.69) is 10.1 Å². The van der Waals surface area contributed by atoms with Crippen LogP contribution in [0.4, 0.5) is 22.0 Å². The molecule has 2 nitrogen and oxygen atoms in total. The maximum absolute atomic E-state index is 13.5. The van der Waals surface area contributed by atoms with Crippen LogP contribution < -0.4 is 5.32 Å². The van der Waals surface area contributed by atoms with Gasteiger partial charge in [-0.25, -0.2) is 8.78 Å². The standard InChI is InChI=1S/C12H14F5NO/c1-7(12(15,16)17)19-6-10(18-2)8-4-3-5-9(13)11(8)14/h3-5,7,10,18H,6H2,1-2H3. The van der Waals surface area contributed by atoms with Gasteiger partial charge in [0, 0.05) is 5.56 Å². The van der Waals surface area contributed by atoms with Crippen LogP contribution in [0, 0.1) is 11.6 Å². The van der Waals surface area contributed by atoms with Crippen molar-refractivity contribution in [3.05, 3.63) is 35.4 Å². The number of nitrogens with one attached hydrogen (secondary N) is 1. The van der Waals surface area contributed by atoms with Crippen molar-refractivity contribution in [2.45, 2.75) is 25.2 Å². The third-order valence-corrected chi connectivity index (χ3v) is 2.68. The lowest BCUT2D eigenvalue weighted by molar-refractivity contribution is -0.215. The zero-order valence-corrected chi connectivity index (χ0v) is 10.4. The molecule has 0 amide bonds. The van der Waals surface area contributed by atoms with E-state index in [4.69, 9.17) is 0 Å². The second-order valence-corrected chi connectivity index (χ2v) is 4.00. The molecular formula is C12H14F5NO. The van der Waals surface area contributed by atoms with Crippen LogP contribution in [0.25, 0.3) is 0 Å². The van der Waals surface area contributed by atoms with Crippen molar-refractivity contribution in [2.24, 2.45) is 0 Å². The third kappa shape index (κ3) is 4.14. The molecule has 0 aliphatic rings. The van der Waals surface area contributed by atoms with Gasteiger partial charge in [-0.05, 0) is 20.0 Å². The molecule has 0 saturated carbocycles. The quantitative estimate of drug-likeness (QED) is 0.838. The monoisotopic (exact) mass is 283 g/mol. The zero-order chi connectivity index (χ0) is 14.6. The first kappa shape index (κ1) is 15.8. The molecule has 0 aromatic heterocycles. The Bertz CT molecular complexity index is 421. The minimum Gasteiger partial charge on any atom is -0.367 e. The van der Waals surface area contributed by atoms with E-state index >= 15 is 0 Å². The van der Waals surface area contributed by atoms with E-state index in [0.29, 0.717) is 0 Å². The smallest absolute Gasteiger partial charge is 0.367 e. The molecule has 2 atom stereocenters. The number of hydrogen-bond acceptors (Lipinski definition) is 2.